The number of nitrogens with zero attached hydrogens (tertiary/aromatic N) is 2. The Kier molecular flexibility index (Phi) is 5.57. The van der Waals surface area contributed by atoms with Crippen molar-refractivity contribution in [2.45, 2.75) is 19.4 Å². The zero-order valence-corrected chi connectivity index (χ0v) is 16.8. The molecule has 1 fully saturated rings. The molecular formula is C22H20N2O7. The van der Waals surface area contributed by atoms with Gasteiger partial charge in [0, 0.05) is 42.2 Å². The normalized spacial score (nSPS) is 13.4. The van der Waals surface area contributed by atoms with Crippen molar-refractivity contribution in [3.8, 4) is 5.75 Å². The first-order chi connectivity index (χ1) is 15.0. The van der Waals surface area contributed by atoms with Crippen LogP contribution >= 0.6 is 0 Å². The zero-order valence-electron chi connectivity index (χ0n) is 16.8. The molecule has 31 heavy (non-hydrogen) atoms. The number of rotatable bonds is 6. The van der Waals surface area contributed by atoms with Gasteiger partial charge in [0.2, 0.25) is 0 Å². The van der Waals surface area contributed by atoms with Gasteiger partial charge in [0.1, 0.15) is 23.6 Å². The first-order valence-corrected chi connectivity index (χ1v) is 9.77. The van der Waals surface area contributed by atoms with Gasteiger partial charge in [0.15, 0.2) is 0 Å². The van der Waals surface area contributed by atoms with Crippen LogP contribution in [0.3, 0.4) is 0 Å². The highest BCUT2D eigenvalue weighted by Crippen LogP contribution is 2.32. The summed E-state index contributed by atoms with van der Waals surface area (Å²) in [5.74, 6) is -0.193. The highest BCUT2D eigenvalue weighted by Gasteiger charge is 2.24. The van der Waals surface area contributed by atoms with Gasteiger partial charge >= 0.3 is 11.6 Å². The molecule has 0 aliphatic carbocycles. The molecule has 1 aromatic heterocycles. The number of esters is 1. The minimum Gasteiger partial charge on any atom is -0.497 e. The third-order valence-corrected chi connectivity index (χ3v) is 5.25. The van der Waals surface area contributed by atoms with E-state index in [0.717, 1.165) is 25.9 Å². The van der Waals surface area contributed by atoms with Crippen molar-refractivity contribution in [3.05, 3.63) is 74.1 Å². The zero-order chi connectivity index (χ0) is 22.0. The van der Waals surface area contributed by atoms with Gasteiger partial charge in [-0.3, -0.25) is 10.1 Å². The summed E-state index contributed by atoms with van der Waals surface area (Å²) >= 11 is 0. The van der Waals surface area contributed by atoms with Gasteiger partial charge < -0.3 is 18.8 Å². The standard InChI is InChI=1S/C22H20N2O7/c1-29-16-5-6-17-15(11-21(25)31-20(17)12-16)13-30-22(26)14-4-7-18(19(10-14)24(27)28)23-8-2-3-9-23/h4-7,10-12H,2-3,8-9,13H2,1H3. The van der Waals surface area contributed by atoms with Crippen LogP contribution in [0.15, 0.2) is 51.7 Å². The highest BCUT2D eigenvalue weighted by molar-refractivity contribution is 5.91. The summed E-state index contributed by atoms with van der Waals surface area (Å²) < 4.78 is 15.7. The van der Waals surface area contributed by atoms with Crippen LogP contribution in [0.1, 0.15) is 28.8 Å². The Morgan fingerprint density at radius 1 is 1.16 bits per heavy atom. The number of benzene rings is 2. The van der Waals surface area contributed by atoms with Gasteiger partial charge in [-0.2, -0.15) is 0 Å². The van der Waals surface area contributed by atoms with E-state index in [4.69, 9.17) is 13.9 Å². The van der Waals surface area contributed by atoms with Crippen molar-refractivity contribution in [3.63, 3.8) is 0 Å². The second kappa shape index (κ2) is 8.47. The second-order valence-electron chi connectivity index (χ2n) is 7.18. The molecule has 0 bridgehead atoms. The molecule has 0 amide bonds. The van der Waals surface area contributed by atoms with Gasteiger partial charge in [0.25, 0.3) is 5.69 Å². The summed E-state index contributed by atoms with van der Waals surface area (Å²) in [5, 5.41) is 12.1. The fourth-order valence-electron chi connectivity index (χ4n) is 3.71. The summed E-state index contributed by atoms with van der Waals surface area (Å²) in [6.07, 6.45) is 1.96. The fraction of sp³-hybridized carbons (Fsp3) is 0.273. The maximum absolute atomic E-state index is 12.6. The monoisotopic (exact) mass is 424 g/mol. The number of nitro benzene ring substituents is 1. The van der Waals surface area contributed by atoms with Crippen LogP contribution in [0.2, 0.25) is 0 Å². The number of hydrogen-bond donors (Lipinski definition) is 0. The Balaban J connectivity index is 1.57. The van der Waals surface area contributed by atoms with Crippen LogP contribution in [0, 0.1) is 10.1 Å². The number of fused-ring (bicyclic) bond motifs is 1. The second-order valence-corrected chi connectivity index (χ2v) is 7.18. The first kappa shape index (κ1) is 20.4. The molecule has 0 saturated carbocycles. The number of hydrogen-bond acceptors (Lipinski definition) is 8. The van der Waals surface area contributed by atoms with E-state index in [0.29, 0.717) is 28.0 Å². The quantitative estimate of drug-likeness (QED) is 0.255. The molecule has 3 aromatic rings. The third-order valence-electron chi connectivity index (χ3n) is 5.25. The molecule has 1 aliphatic heterocycles. The van der Waals surface area contributed by atoms with E-state index in [-0.39, 0.29) is 17.9 Å². The predicted octanol–water partition coefficient (Wildman–Crippen LogP) is 3.67. The van der Waals surface area contributed by atoms with Gasteiger partial charge in [-0.05, 0) is 37.1 Å². The number of anilines is 1. The molecule has 4 rings (SSSR count). The Morgan fingerprint density at radius 3 is 2.65 bits per heavy atom. The van der Waals surface area contributed by atoms with Crippen LogP contribution in [0.5, 0.6) is 5.75 Å². The van der Waals surface area contributed by atoms with E-state index in [1.165, 1.54) is 25.3 Å². The molecule has 0 radical (unpaired) electrons. The Hall–Kier alpha value is -3.88. The molecule has 2 aromatic carbocycles. The van der Waals surface area contributed by atoms with E-state index < -0.39 is 16.5 Å². The van der Waals surface area contributed by atoms with Crippen molar-refractivity contribution in [1.82, 2.24) is 0 Å². The average Bonchev–Trinajstić information content (AvgIpc) is 3.31. The lowest BCUT2D eigenvalue weighted by molar-refractivity contribution is -0.384. The molecule has 2 heterocycles. The minimum atomic E-state index is -0.717. The topological polar surface area (TPSA) is 112 Å². The van der Waals surface area contributed by atoms with Crippen molar-refractivity contribution in [2.24, 2.45) is 0 Å². The molecule has 9 heteroatoms. The van der Waals surface area contributed by atoms with Crippen LogP contribution in [0.4, 0.5) is 11.4 Å². The molecule has 0 unspecified atom stereocenters. The molecule has 1 aliphatic rings. The van der Waals surface area contributed by atoms with Crippen molar-refractivity contribution >= 4 is 28.3 Å². The summed E-state index contributed by atoms with van der Waals surface area (Å²) in [4.78, 5) is 37.4. The van der Waals surface area contributed by atoms with Gasteiger partial charge in [0.05, 0.1) is 17.6 Å². The SMILES string of the molecule is COc1ccc2c(COC(=O)c3ccc(N4CCCC4)c([N+](=O)[O-])c3)cc(=O)oc2c1. The summed E-state index contributed by atoms with van der Waals surface area (Å²) in [5.41, 5.74) is 0.629. The number of nitro groups is 1. The third kappa shape index (κ3) is 4.20. The van der Waals surface area contributed by atoms with E-state index in [1.807, 2.05) is 4.90 Å². The maximum atomic E-state index is 12.6. The van der Waals surface area contributed by atoms with E-state index in [1.54, 1.807) is 24.3 Å². The largest absolute Gasteiger partial charge is 0.497 e. The van der Waals surface area contributed by atoms with Gasteiger partial charge in [-0.25, -0.2) is 9.59 Å². The number of carbonyl (C=O) groups excluding carboxylic acids is 1. The summed E-state index contributed by atoms with van der Waals surface area (Å²) in [6, 6.07) is 10.6. The van der Waals surface area contributed by atoms with Crippen molar-refractivity contribution in [1.29, 1.82) is 0 Å². The molecule has 160 valence electrons. The van der Waals surface area contributed by atoms with Gasteiger partial charge in [-0.15, -0.1) is 0 Å². The molecule has 1 saturated heterocycles. The molecule has 0 atom stereocenters. The average molecular weight is 424 g/mol. The lowest BCUT2D eigenvalue weighted by Gasteiger charge is -2.17. The van der Waals surface area contributed by atoms with Crippen LogP contribution in [-0.2, 0) is 11.3 Å². The van der Waals surface area contributed by atoms with Crippen LogP contribution < -0.4 is 15.3 Å². The summed E-state index contributed by atoms with van der Waals surface area (Å²) in [7, 11) is 1.50. The van der Waals surface area contributed by atoms with E-state index >= 15 is 0 Å². The van der Waals surface area contributed by atoms with Crippen molar-refractivity contribution in [2.75, 3.05) is 25.1 Å². The predicted molar refractivity (Wildman–Crippen MR) is 113 cm³/mol. The van der Waals surface area contributed by atoms with E-state index in [9.17, 15) is 19.7 Å². The smallest absolute Gasteiger partial charge is 0.338 e. The molecule has 0 N–H and O–H groups in total. The molecular weight excluding hydrogens is 404 g/mol. The number of carbonyl (C=O) groups is 1. The fourth-order valence-corrected chi connectivity index (χ4v) is 3.71. The number of ether oxygens (including phenoxy) is 2. The van der Waals surface area contributed by atoms with Crippen LogP contribution in [-0.4, -0.2) is 31.1 Å². The minimum absolute atomic E-state index is 0.0728. The van der Waals surface area contributed by atoms with E-state index in [2.05, 4.69) is 0 Å². The summed E-state index contributed by atoms with van der Waals surface area (Å²) in [6.45, 7) is 1.31. The Labute approximate surface area is 176 Å². The van der Waals surface area contributed by atoms with Gasteiger partial charge in [-0.1, -0.05) is 0 Å². The maximum Gasteiger partial charge on any atom is 0.338 e. The Bertz CT molecular complexity index is 1210. The highest BCUT2D eigenvalue weighted by atomic mass is 16.6. The molecule has 9 nitrogen and oxygen atoms in total. The van der Waals surface area contributed by atoms with Crippen LogP contribution in [0.25, 0.3) is 11.0 Å². The lowest BCUT2D eigenvalue weighted by atomic mass is 10.1. The molecule has 0 spiro atoms. The Morgan fingerprint density at radius 2 is 1.94 bits per heavy atom. The first-order valence-electron chi connectivity index (χ1n) is 9.77. The number of methoxy groups -OCH3 is 1. The lowest BCUT2D eigenvalue weighted by Crippen LogP contribution is -2.19. The van der Waals surface area contributed by atoms with Crippen molar-refractivity contribution < 1.29 is 23.6 Å².